The van der Waals surface area contributed by atoms with Gasteiger partial charge in [-0.15, -0.1) is 11.3 Å². The molecule has 1 heterocycles. The third-order valence-corrected chi connectivity index (χ3v) is 3.97. The molecule has 0 radical (unpaired) electrons. The molecular weight excluding hydrogens is 330 g/mol. The third kappa shape index (κ3) is 4.14. The molecule has 0 unspecified atom stereocenters. The number of hydrogen-bond acceptors (Lipinski definition) is 6. The van der Waals surface area contributed by atoms with Crippen molar-refractivity contribution in [2.75, 3.05) is 26.6 Å². The fourth-order valence-corrected chi connectivity index (χ4v) is 2.60. The molecular formula is C17H17NO5S. The first-order valence-electron chi connectivity index (χ1n) is 6.96. The molecule has 2 rings (SSSR count). The lowest BCUT2D eigenvalue weighted by Gasteiger charge is -2.14. The molecule has 0 saturated carbocycles. The standard InChI is InChI=1S/C17H17NO5S/c1-21-14-9-12(17(20)23-3)13(10-15(14)22-2)18-16(19)7-6-11-5-4-8-24-11/h4-10H,1-3H3,(H,18,19). The maximum Gasteiger partial charge on any atom is 0.340 e. The first-order valence-corrected chi connectivity index (χ1v) is 7.84. The Kier molecular flexibility index (Phi) is 5.97. The molecule has 0 atom stereocenters. The van der Waals surface area contributed by atoms with Gasteiger partial charge in [-0.3, -0.25) is 4.79 Å². The number of carbonyl (C=O) groups is 2. The van der Waals surface area contributed by atoms with E-state index in [2.05, 4.69) is 5.32 Å². The van der Waals surface area contributed by atoms with Gasteiger partial charge in [0, 0.05) is 23.1 Å². The van der Waals surface area contributed by atoms with E-state index in [0.29, 0.717) is 11.5 Å². The van der Waals surface area contributed by atoms with Crippen LogP contribution in [0.4, 0.5) is 5.69 Å². The Morgan fingerprint density at radius 2 is 1.83 bits per heavy atom. The SMILES string of the molecule is COC(=O)c1cc(OC)c(OC)cc1NC(=O)C=Cc1cccs1. The Hall–Kier alpha value is -2.80. The Balaban J connectivity index is 2.29. The zero-order chi connectivity index (χ0) is 17.5. The predicted molar refractivity (Wildman–Crippen MR) is 92.9 cm³/mol. The van der Waals surface area contributed by atoms with Crippen molar-refractivity contribution in [1.29, 1.82) is 0 Å². The quantitative estimate of drug-likeness (QED) is 0.642. The summed E-state index contributed by atoms with van der Waals surface area (Å²) in [4.78, 5) is 25.0. The predicted octanol–water partition coefficient (Wildman–Crippen LogP) is 3.20. The van der Waals surface area contributed by atoms with Crippen molar-refractivity contribution in [3.63, 3.8) is 0 Å². The van der Waals surface area contributed by atoms with E-state index < -0.39 is 5.97 Å². The van der Waals surface area contributed by atoms with Crippen LogP contribution in [-0.4, -0.2) is 33.2 Å². The summed E-state index contributed by atoms with van der Waals surface area (Å²) in [6.07, 6.45) is 3.09. The lowest BCUT2D eigenvalue weighted by molar-refractivity contribution is -0.111. The molecule has 0 bridgehead atoms. The second-order valence-electron chi connectivity index (χ2n) is 4.58. The molecule has 126 valence electrons. The van der Waals surface area contributed by atoms with E-state index in [1.54, 1.807) is 6.08 Å². The van der Waals surface area contributed by atoms with E-state index in [1.165, 1.54) is 50.9 Å². The Morgan fingerprint density at radius 1 is 1.12 bits per heavy atom. The zero-order valence-corrected chi connectivity index (χ0v) is 14.3. The molecule has 1 aromatic carbocycles. The van der Waals surface area contributed by atoms with Crippen LogP contribution in [0.3, 0.4) is 0 Å². The molecule has 0 aliphatic rings. The smallest absolute Gasteiger partial charge is 0.340 e. The van der Waals surface area contributed by atoms with Gasteiger partial charge in [0.2, 0.25) is 5.91 Å². The molecule has 2 aromatic rings. The summed E-state index contributed by atoms with van der Waals surface area (Å²) < 4.78 is 15.1. The van der Waals surface area contributed by atoms with Crippen LogP contribution in [0.5, 0.6) is 11.5 Å². The average molecular weight is 347 g/mol. The van der Waals surface area contributed by atoms with Crippen LogP contribution in [0.1, 0.15) is 15.2 Å². The van der Waals surface area contributed by atoms with Crippen LogP contribution >= 0.6 is 11.3 Å². The largest absolute Gasteiger partial charge is 0.493 e. The molecule has 24 heavy (non-hydrogen) atoms. The van der Waals surface area contributed by atoms with Crippen molar-refractivity contribution >= 4 is 35.0 Å². The van der Waals surface area contributed by atoms with Crippen molar-refractivity contribution < 1.29 is 23.8 Å². The van der Waals surface area contributed by atoms with Gasteiger partial charge in [0.05, 0.1) is 32.6 Å². The normalized spacial score (nSPS) is 10.5. The van der Waals surface area contributed by atoms with Gasteiger partial charge in [0.1, 0.15) is 0 Å². The number of ether oxygens (including phenoxy) is 3. The summed E-state index contributed by atoms with van der Waals surface area (Å²) in [6, 6.07) is 6.77. The number of esters is 1. The van der Waals surface area contributed by atoms with Crippen molar-refractivity contribution in [3.05, 3.63) is 46.2 Å². The van der Waals surface area contributed by atoms with Crippen molar-refractivity contribution in [2.45, 2.75) is 0 Å². The molecule has 0 aliphatic heterocycles. The highest BCUT2D eigenvalue weighted by atomic mass is 32.1. The minimum absolute atomic E-state index is 0.174. The average Bonchev–Trinajstić information content (AvgIpc) is 3.12. The van der Waals surface area contributed by atoms with E-state index in [4.69, 9.17) is 14.2 Å². The molecule has 6 nitrogen and oxygen atoms in total. The summed E-state index contributed by atoms with van der Waals surface area (Å²) in [5, 5.41) is 4.57. The van der Waals surface area contributed by atoms with E-state index in [-0.39, 0.29) is 17.2 Å². The second kappa shape index (κ2) is 8.16. The maximum absolute atomic E-state index is 12.1. The Labute approximate surface area is 143 Å². The molecule has 0 fully saturated rings. The summed E-state index contributed by atoms with van der Waals surface area (Å²) in [5.41, 5.74) is 0.452. The topological polar surface area (TPSA) is 73.9 Å². The van der Waals surface area contributed by atoms with Gasteiger partial charge in [-0.25, -0.2) is 4.79 Å². The fourth-order valence-electron chi connectivity index (χ4n) is 1.98. The van der Waals surface area contributed by atoms with Gasteiger partial charge in [0.25, 0.3) is 0 Å². The third-order valence-electron chi connectivity index (χ3n) is 3.13. The number of nitrogens with one attached hydrogen (secondary N) is 1. The molecule has 1 N–H and O–H groups in total. The number of methoxy groups -OCH3 is 3. The van der Waals surface area contributed by atoms with Gasteiger partial charge in [-0.2, -0.15) is 0 Å². The van der Waals surface area contributed by atoms with Gasteiger partial charge in [-0.05, 0) is 17.5 Å². The van der Waals surface area contributed by atoms with Gasteiger partial charge < -0.3 is 19.5 Å². The summed E-state index contributed by atoms with van der Waals surface area (Å²) in [5.74, 6) is -0.207. The number of amides is 1. The number of hydrogen-bond donors (Lipinski definition) is 1. The van der Waals surface area contributed by atoms with Crippen molar-refractivity contribution in [2.24, 2.45) is 0 Å². The van der Waals surface area contributed by atoms with E-state index in [1.807, 2.05) is 17.5 Å². The molecule has 0 spiro atoms. The molecule has 1 aromatic heterocycles. The van der Waals surface area contributed by atoms with Crippen LogP contribution in [0, 0.1) is 0 Å². The van der Waals surface area contributed by atoms with Crippen LogP contribution in [0.15, 0.2) is 35.7 Å². The Bertz CT molecular complexity index is 753. The monoisotopic (exact) mass is 347 g/mol. The summed E-state index contributed by atoms with van der Waals surface area (Å²) in [6.45, 7) is 0. The molecule has 0 saturated heterocycles. The highest BCUT2D eigenvalue weighted by Crippen LogP contribution is 2.33. The molecule has 0 aliphatic carbocycles. The summed E-state index contributed by atoms with van der Waals surface area (Å²) in [7, 11) is 4.19. The van der Waals surface area contributed by atoms with E-state index in [9.17, 15) is 9.59 Å². The number of anilines is 1. The van der Waals surface area contributed by atoms with Crippen molar-refractivity contribution in [1.82, 2.24) is 0 Å². The van der Waals surface area contributed by atoms with Crippen LogP contribution in [-0.2, 0) is 9.53 Å². The molecule has 1 amide bonds. The highest BCUT2D eigenvalue weighted by Gasteiger charge is 2.18. The summed E-state index contributed by atoms with van der Waals surface area (Å²) >= 11 is 1.52. The zero-order valence-electron chi connectivity index (χ0n) is 13.5. The highest BCUT2D eigenvalue weighted by molar-refractivity contribution is 7.10. The van der Waals surface area contributed by atoms with Gasteiger partial charge in [0.15, 0.2) is 11.5 Å². The van der Waals surface area contributed by atoms with Crippen LogP contribution in [0.2, 0.25) is 0 Å². The number of thiophene rings is 1. The molecule has 7 heteroatoms. The number of benzene rings is 1. The minimum Gasteiger partial charge on any atom is -0.493 e. The maximum atomic E-state index is 12.1. The second-order valence-corrected chi connectivity index (χ2v) is 5.56. The fraction of sp³-hybridized carbons (Fsp3) is 0.176. The lowest BCUT2D eigenvalue weighted by Crippen LogP contribution is -2.13. The van der Waals surface area contributed by atoms with E-state index in [0.717, 1.165) is 4.88 Å². The van der Waals surface area contributed by atoms with Crippen molar-refractivity contribution in [3.8, 4) is 11.5 Å². The van der Waals surface area contributed by atoms with Crippen LogP contribution in [0.25, 0.3) is 6.08 Å². The minimum atomic E-state index is -0.589. The lowest BCUT2D eigenvalue weighted by atomic mass is 10.1. The number of rotatable bonds is 6. The van der Waals surface area contributed by atoms with Gasteiger partial charge >= 0.3 is 5.97 Å². The Morgan fingerprint density at radius 3 is 2.42 bits per heavy atom. The van der Waals surface area contributed by atoms with Crippen LogP contribution < -0.4 is 14.8 Å². The first-order chi connectivity index (χ1) is 11.6. The van der Waals surface area contributed by atoms with E-state index >= 15 is 0 Å². The number of carbonyl (C=O) groups excluding carboxylic acids is 2. The first kappa shape index (κ1) is 17.6. The van der Waals surface area contributed by atoms with Gasteiger partial charge in [-0.1, -0.05) is 6.07 Å².